The molecule has 0 aromatic carbocycles. The average Bonchev–Trinajstić information content (AvgIpc) is 2.44. The van der Waals surface area contributed by atoms with Crippen molar-refractivity contribution in [3.05, 3.63) is 0 Å². The van der Waals surface area contributed by atoms with Crippen LogP contribution in [0.3, 0.4) is 0 Å². The number of aliphatic imine (C=N–C) groups is 1. The molecule has 0 spiro atoms. The summed E-state index contributed by atoms with van der Waals surface area (Å²) in [4.78, 5) is 7.10. The van der Waals surface area contributed by atoms with Gasteiger partial charge in [0.2, 0.25) is 10.0 Å². The van der Waals surface area contributed by atoms with Crippen LogP contribution in [-0.4, -0.2) is 69.8 Å². The Kier molecular flexibility index (Phi) is 8.63. The molecule has 8 heteroatoms. The van der Waals surface area contributed by atoms with Crippen LogP contribution >= 0.6 is 0 Å². The lowest BCUT2D eigenvalue weighted by atomic mass is 10.0. The lowest BCUT2D eigenvalue weighted by molar-refractivity contribution is 0.187. The van der Waals surface area contributed by atoms with Gasteiger partial charge in [-0.05, 0) is 39.5 Å². The highest BCUT2D eigenvalue weighted by Gasteiger charge is 2.23. The molecular weight excluding hydrogens is 338 g/mol. The summed E-state index contributed by atoms with van der Waals surface area (Å²) in [6.07, 6.45) is 3.37. The topological polar surface area (TPSA) is 85.8 Å². The zero-order valence-corrected chi connectivity index (χ0v) is 17.5. The van der Waals surface area contributed by atoms with Crippen LogP contribution in [0.4, 0.5) is 0 Å². The van der Waals surface area contributed by atoms with E-state index in [4.69, 9.17) is 0 Å². The Morgan fingerprint density at radius 2 is 1.88 bits per heavy atom. The van der Waals surface area contributed by atoms with Crippen molar-refractivity contribution in [1.29, 1.82) is 0 Å². The Hall–Kier alpha value is -0.860. The van der Waals surface area contributed by atoms with Gasteiger partial charge in [-0.3, -0.25) is 4.99 Å². The van der Waals surface area contributed by atoms with Crippen LogP contribution < -0.4 is 15.4 Å². The summed E-state index contributed by atoms with van der Waals surface area (Å²) in [5.74, 6) is 1.46. The molecule has 0 radical (unpaired) electrons. The van der Waals surface area contributed by atoms with E-state index in [9.17, 15) is 8.42 Å². The molecule has 0 atom stereocenters. The Bertz CT molecular complexity index is 523. The van der Waals surface area contributed by atoms with E-state index in [1.807, 2.05) is 20.8 Å². The first-order valence-electron chi connectivity index (χ1n) is 9.27. The molecule has 1 heterocycles. The first-order chi connectivity index (χ1) is 11.5. The number of nitrogens with one attached hydrogen (secondary N) is 3. The van der Waals surface area contributed by atoms with E-state index in [1.54, 1.807) is 0 Å². The molecule has 3 N–H and O–H groups in total. The van der Waals surface area contributed by atoms with Crippen molar-refractivity contribution < 1.29 is 8.42 Å². The Morgan fingerprint density at radius 1 is 1.28 bits per heavy atom. The molecule has 148 valence electrons. The summed E-state index contributed by atoms with van der Waals surface area (Å²) in [6, 6.07) is 0.409. The van der Waals surface area contributed by atoms with Crippen LogP contribution in [-0.2, 0) is 10.0 Å². The van der Waals surface area contributed by atoms with Gasteiger partial charge in [-0.25, -0.2) is 13.1 Å². The van der Waals surface area contributed by atoms with Crippen molar-refractivity contribution in [3.8, 4) is 0 Å². The minimum Gasteiger partial charge on any atom is -0.357 e. The molecule has 1 aliphatic heterocycles. The molecule has 1 saturated heterocycles. The summed E-state index contributed by atoms with van der Waals surface area (Å²) in [6.45, 7) is 14.7. The fourth-order valence-corrected chi connectivity index (χ4v) is 4.17. The van der Waals surface area contributed by atoms with Gasteiger partial charge in [-0.2, -0.15) is 0 Å². The van der Waals surface area contributed by atoms with E-state index in [0.29, 0.717) is 18.5 Å². The van der Waals surface area contributed by atoms with Crippen LogP contribution in [0.2, 0.25) is 0 Å². The highest BCUT2D eigenvalue weighted by atomic mass is 32.2. The first-order valence-corrected chi connectivity index (χ1v) is 11.2. The summed E-state index contributed by atoms with van der Waals surface area (Å²) in [5, 5.41) is 6.76. The van der Waals surface area contributed by atoms with Crippen LogP contribution in [0.25, 0.3) is 0 Å². The van der Waals surface area contributed by atoms with Crippen LogP contribution in [0.5, 0.6) is 0 Å². The van der Waals surface area contributed by atoms with Gasteiger partial charge in [-0.1, -0.05) is 13.8 Å². The van der Waals surface area contributed by atoms with Crippen molar-refractivity contribution in [3.63, 3.8) is 0 Å². The molecule has 7 nitrogen and oxygen atoms in total. The number of nitrogens with zero attached hydrogens (tertiary/aromatic N) is 2. The monoisotopic (exact) mass is 375 g/mol. The predicted molar refractivity (Wildman–Crippen MR) is 105 cm³/mol. The smallest absolute Gasteiger partial charge is 0.209 e. The lowest BCUT2D eigenvalue weighted by Crippen LogP contribution is -2.50. The van der Waals surface area contributed by atoms with Crippen molar-refractivity contribution in [2.75, 3.05) is 39.0 Å². The molecule has 25 heavy (non-hydrogen) atoms. The molecule has 0 unspecified atom stereocenters. The molecule has 1 fully saturated rings. The maximum atomic E-state index is 11.4. The summed E-state index contributed by atoms with van der Waals surface area (Å²) >= 11 is 0. The standard InChI is InChI=1S/C17H37N5O2S/c1-7-18-16(19-13-17(4,5)21-25(6,23)24)20-15-8-10-22(11-9-15)12-14(2)3/h14-15,21H,7-13H2,1-6H3,(H2,18,19,20). The van der Waals surface area contributed by atoms with E-state index in [1.165, 1.54) is 6.26 Å². The second-order valence-corrected chi connectivity index (χ2v) is 9.81. The zero-order valence-electron chi connectivity index (χ0n) is 16.7. The highest BCUT2D eigenvalue weighted by Crippen LogP contribution is 2.12. The molecule has 0 aliphatic carbocycles. The van der Waals surface area contributed by atoms with Gasteiger partial charge in [0, 0.05) is 37.8 Å². The quantitative estimate of drug-likeness (QED) is 0.435. The number of sulfonamides is 1. The van der Waals surface area contributed by atoms with Gasteiger partial charge in [0.1, 0.15) is 0 Å². The molecule has 0 aromatic heterocycles. The number of piperidine rings is 1. The fraction of sp³-hybridized carbons (Fsp3) is 0.941. The van der Waals surface area contributed by atoms with Crippen molar-refractivity contribution >= 4 is 16.0 Å². The van der Waals surface area contributed by atoms with Gasteiger partial charge in [0.25, 0.3) is 0 Å². The van der Waals surface area contributed by atoms with Gasteiger partial charge in [0.15, 0.2) is 5.96 Å². The SMILES string of the molecule is CCNC(=NCC(C)(C)NS(C)(=O)=O)NC1CCN(CC(C)C)CC1. The number of guanidine groups is 1. The third-order valence-electron chi connectivity index (χ3n) is 3.99. The lowest BCUT2D eigenvalue weighted by Gasteiger charge is -2.34. The normalized spacial score (nSPS) is 18.6. The Morgan fingerprint density at radius 3 is 2.36 bits per heavy atom. The Balaban J connectivity index is 2.57. The largest absolute Gasteiger partial charge is 0.357 e. The molecule has 0 bridgehead atoms. The van der Waals surface area contributed by atoms with Crippen LogP contribution in [0, 0.1) is 5.92 Å². The minimum absolute atomic E-state index is 0.377. The van der Waals surface area contributed by atoms with E-state index < -0.39 is 15.6 Å². The van der Waals surface area contributed by atoms with E-state index in [0.717, 1.165) is 45.0 Å². The minimum atomic E-state index is -3.25. The number of rotatable bonds is 8. The van der Waals surface area contributed by atoms with Crippen molar-refractivity contribution in [1.82, 2.24) is 20.3 Å². The number of hydrogen-bond donors (Lipinski definition) is 3. The van der Waals surface area contributed by atoms with Crippen molar-refractivity contribution in [2.24, 2.45) is 10.9 Å². The summed E-state index contributed by atoms with van der Waals surface area (Å²) < 4.78 is 25.5. The zero-order chi connectivity index (χ0) is 19.1. The molecule has 1 rings (SSSR count). The van der Waals surface area contributed by atoms with Crippen molar-refractivity contribution in [2.45, 2.75) is 59.0 Å². The summed E-state index contributed by atoms with van der Waals surface area (Å²) in [5.41, 5.74) is -0.615. The van der Waals surface area contributed by atoms with Crippen LogP contribution in [0.1, 0.15) is 47.5 Å². The van der Waals surface area contributed by atoms with Gasteiger partial charge >= 0.3 is 0 Å². The fourth-order valence-electron chi connectivity index (χ4n) is 3.10. The maximum absolute atomic E-state index is 11.4. The molecule has 0 aromatic rings. The molecule has 1 aliphatic rings. The second-order valence-electron chi connectivity index (χ2n) is 8.07. The molecule has 0 amide bonds. The summed E-state index contributed by atoms with van der Waals surface area (Å²) in [7, 11) is -3.25. The predicted octanol–water partition coefficient (Wildman–Crippen LogP) is 0.990. The highest BCUT2D eigenvalue weighted by molar-refractivity contribution is 7.88. The third kappa shape index (κ3) is 10.0. The van der Waals surface area contributed by atoms with E-state index in [-0.39, 0.29) is 0 Å². The van der Waals surface area contributed by atoms with Gasteiger partial charge < -0.3 is 15.5 Å². The van der Waals surface area contributed by atoms with Gasteiger partial charge in [-0.15, -0.1) is 0 Å². The van der Waals surface area contributed by atoms with E-state index in [2.05, 4.69) is 39.1 Å². The second kappa shape index (κ2) is 9.73. The molecule has 0 saturated carbocycles. The number of likely N-dealkylation sites (tertiary alicyclic amines) is 1. The first kappa shape index (κ1) is 22.2. The number of hydrogen-bond acceptors (Lipinski definition) is 4. The molecular formula is C17H37N5O2S. The third-order valence-corrected chi connectivity index (χ3v) is 4.91. The van der Waals surface area contributed by atoms with Crippen LogP contribution in [0.15, 0.2) is 4.99 Å². The Labute approximate surface area is 154 Å². The maximum Gasteiger partial charge on any atom is 0.209 e. The average molecular weight is 376 g/mol. The van der Waals surface area contributed by atoms with E-state index >= 15 is 0 Å². The van der Waals surface area contributed by atoms with Gasteiger partial charge in [0.05, 0.1) is 12.8 Å².